The van der Waals surface area contributed by atoms with Crippen LogP contribution >= 0.6 is 0 Å². The van der Waals surface area contributed by atoms with Crippen molar-refractivity contribution in [1.29, 1.82) is 0 Å². The fourth-order valence-electron chi connectivity index (χ4n) is 4.08. The normalized spacial score (nSPS) is 14.0. The molecule has 1 saturated heterocycles. The van der Waals surface area contributed by atoms with Crippen LogP contribution in [0, 0.1) is 13.8 Å². The monoisotopic (exact) mass is 454 g/mol. The van der Waals surface area contributed by atoms with E-state index in [4.69, 9.17) is 4.52 Å². The van der Waals surface area contributed by atoms with Crippen molar-refractivity contribution in [3.63, 3.8) is 0 Å². The first kappa shape index (κ1) is 21.5. The van der Waals surface area contributed by atoms with Crippen molar-refractivity contribution in [2.24, 2.45) is 0 Å². The topological polar surface area (TPSA) is 105 Å². The number of nitrogens with zero attached hydrogens (tertiary/aromatic N) is 3. The Balaban J connectivity index is 1.45. The number of anilines is 2. The minimum Gasteiger partial charge on any atom is -0.335 e. The summed E-state index contributed by atoms with van der Waals surface area (Å²) in [4.78, 5) is 43.4. The standard InChI is InChI=1S/C26H22N4O4/c1-15-6-8-17(9-7-15)21-14-20(24-16(2)29-34-26(24)28-21)25(33)27-18-10-12-19(13-11-18)30-22(31)4-3-5-23(30)32/h6-14H,3-5H2,1-2H3,(H,27,33). The van der Waals surface area contributed by atoms with Crippen LogP contribution in [-0.4, -0.2) is 27.9 Å². The Kier molecular flexibility index (Phi) is 5.41. The lowest BCUT2D eigenvalue weighted by Gasteiger charge is -2.25. The maximum absolute atomic E-state index is 13.3. The Labute approximate surface area is 195 Å². The van der Waals surface area contributed by atoms with Crippen LogP contribution in [0.1, 0.15) is 40.9 Å². The molecule has 0 bridgehead atoms. The molecular weight excluding hydrogens is 432 g/mol. The van der Waals surface area contributed by atoms with Crippen molar-refractivity contribution < 1.29 is 18.9 Å². The van der Waals surface area contributed by atoms with Gasteiger partial charge in [0.25, 0.3) is 11.6 Å². The molecule has 0 atom stereocenters. The van der Waals surface area contributed by atoms with Gasteiger partial charge in [-0.25, -0.2) is 4.98 Å². The van der Waals surface area contributed by atoms with Crippen LogP contribution in [-0.2, 0) is 9.59 Å². The highest BCUT2D eigenvalue weighted by Crippen LogP contribution is 2.29. The summed E-state index contributed by atoms with van der Waals surface area (Å²) in [6, 6.07) is 16.2. The number of imide groups is 1. The number of hydrogen-bond acceptors (Lipinski definition) is 6. The molecule has 0 radical (unpaired) electrons. The maximum atomic E-state index is 13.3. The second kappa shape index (κ2) is 8.55. The number of benzene rings is 2. The van der Waals surface area contributed by atoms with Gasteiger partial charge in [-0.1, -0.05) is 35.0 Å². The van der Waals surface area contributed by atoms with Gasteiger partial charge in [-0.05, 0) is 50.6 Å². The Bertz CT molecular complexity index is 1410. The summed E-state index contributed by atoms with van der Waals surface area (Å²) in [5, 5.41) is 7.42. The molecular formula is C26H22N4O4. The average molecular weight is 454 g/mol. The molecule has 1 fully saturated rings. The molecule has 8 heteroatoms. The number of aromatic nitrogens is 2. The number of carbonyl (C=O) groups is 3. The summed E-state index contributed by atoms with van der Waals surface area (Å²) in [5.74, 6) is -0.762. The van der Waals surface area contributed by atoms with E-state index in [2.05, 4.69) is 15.5 Å². The maximum Gasteiger partial charge on any atom is 0.259 e. The third-order valence-corrected chi connectivity index (χ3v) is 5.87. The molecule has 0 spiro atoms. The van der Waals surface area contributed by atoms with Gasteiger partial charge in [0.1, 0.15) is 0 Å². The first-order valence-electron chi connectivity index (χ1n) is 11.0. The molecule has 34 heavy (non-hydrogen) atoms. The van der Waals surface area contributed by atoms with Gasteiger partial charge in [-0.15, -0.1) is 0 Å². The smallest absolute Gasteiger partial charge is 0.259 e. The van der Waals surface area contributed by atoms with Crippen molar-refractivity contribution in [3.05, 3.63) is 71.4 Å². The van der Waals surface area contributed by atoms with Crippen LogP contribution in [0.4, 0.5) is 11.4 Å². The van der Waals surface area contributed by atoms with Gasteiger partial charge in [0.05, 0.1) is 28.0 Å². The number of nitrogens with one attached hydrogen (secondary N) is 1. The summed E-state index contributed by atoms with van der Waals surface area (Å²) in [5.41, 5.74) is 4.86. The minimum absolute atomic E-state index is 0.209. The molecule has 8 nitrogen and oxygen atoms in total. The van der Waals surface area contributed by atoms with Crippen molar-refractivity contribution in [2.75, 3.05) is 10.2 Å². The van der Waals surface area contributed by atoms with Crippen molar-refractivity contribution >= 4 is 40.2 Å². The summed E-state index contributed by atoms with van der Waals surface area (Å²) in [6.07, 6.45) is 1.28. The lowest BCUT2D eigenvalue weighted by molar-refractivity contribution is -0.129. The zero-order chi connectivity index (χ0) is 23.8. The summed E-state index contributed by atoms with van der Waals surface area (Å²) in [6.45, 7) is 3.76. The van der Waals surface area contributed by atoms with Crippen LogP contribution in [0.2, 0.25) is 0 Å². The Morgan fingerprint density at radius 3 is 2.32 bits per heavy atom. The van der Waals surface area contributed by atoms with E-state index in [9.17, 15) is 14.4 Å². The van der Waals surface area contributed by atoms with E-state index in [-0.39, 0.29) is 23.4 Å². The molecule has 1 aliphatic heterocycles. The molecule has 3 amide bonds. The molecule has 1 aliphatic rings. The Hall–Kier alpha value is -4.33. The number of hydrogen-bond donors (Lipinski definition) is 1. The van der Waals surface area contributed by atoms with Crippen molar-refractivity contribution in [2.45, 2.75) is 33.1 Å². The molecule has 3 heterocycles. The van der Waals surface area contributed by atoms with E-state index in [0.717, 1.165) is 11.1 Å². The zero-order valence-corrected chi connectivity index (χ0v) is 18.8. The highest BCUT2D eigenvalue weighted by Gasteiger charge is 2.27. The van der Waals surface area contributed by atoms with Gasteiger partial charge in [0.2, 0.25) is 11.8 Å². The molecule has 5 rings (SSSR count). The van der Waals surface area contributed by atoms with Crippen LogP contribution in [0.5, 0.6) is 0 Å². The minimum atomic E-state index is -0.343. The Morgan fingerprint density at radius 1 is 0.971 bits per heavy atom. The number of amides is 3. The molecule has 0 aliphatic carbocycles. The molecule has 2 aromatic heterocycles. The largest absolute Gasteiger partial charge is 0.335 e. The molecule has 4 aromatic rings. The van der Waals surface area contributed by atoms with Gasteiger partial charge in [-0.2, -0.15) is 0 Å². The van der Waals surface area contributed by atoms with E-state index in [1.807, 2.05) is 31.2 Å². The zero-order valence-electron chi connectivity index (χ0n) is 18.8. The van der Waals surface area contributed by atoms with Gasteiger partial charge in [-0.3, -0.25) is 19.3 Å². The number of aryl methyl sites for hydroxylation is 2. The first-order chi connectivity index (χ1) is 16.4. The van der Waals surface area contributed by atoms with E-state index in [0.29, 0.717) is 53.0 Å². The number of carbonyl (C=O) groups excluding carboxylic acids is 3. The third-order valence-electron chi connectivity index (χ3n) is 5.87. The van der Waals surface area contributed by atoms with Gasteiger partial charge >= 0.3 is 0 Å². The molecule has 2 aromatic carbocycles. The molecule has 1 N–H and O–H groups in total. The van der Waals surface area contributed by atoms with E-state index in [1.54, 1.807) is 37.3 Å². The van der Waals surface area contributed by atoms with Crippen LogP contribution in [0.15, 0.2) is 59.1 Å². The van der Waals surface area contributed by atoms with Gasteiger partial charge < -0.3 is 9.84 Å². The first-order valence-corrected chi connectivity index (χ1v) is 11.0. The van der Waals surface area contributed by atoms with Crippen LogP contribution in [0.3, 0.4) is 0 Å². The predicted octanol–water partition coefficient (Wildman–Crippen LogP) is 4.80. The van der Waals surface area contributed by atoms with Crippen LogP contribution in [0.25, 0.3) is 22.4 Å². The molecule has 0 saturated carbocycles. The quantitative estimate of drug-likeness (QED) is 0.444. The fourth-order valence-corrected chi connectivity index (χ4v) is 4.08. The van der Waals surface area contributed by atoms with Crippen LogP contribution < -0.4 is 10.2 Å². The molecule has 170 valence electrons. The highest BCUT2D eigenvalue weighted by molar-refractivity contribution is 6.16. The fraction of sp³-hybridized carbons (Fsp3) is 0.192. The van der Waals surface area contributed by atoms with E-state index in [1.165, 1.54) is 4.90 Å². The molecule has 0 unspecified atom stereocenters. The number of rotatable bonds is 4. The lowest BCUT2D eigenvalue weighted by atomic mass is 10.0. The number of piperidine rings is 1. The predicted molar refractivity (Wildman–Crippen MR) is 127 cm³/mol. The summed E-state index contributed by atoms with van der Waals surface area (Å²) in [7, 11) is 0. The highest BCUT2D eigenvalue weighted by atomic mass is 16.5. The van der Waals surface area contributed by atoms with E-state index < -0.39 is 0 Å². The Morgan fingerprint density at radius 2 is 1.65 bits per heavy atom. The van der Waals surface area contributed by atoms with Crippen molar-refractivity contribution in [1.82, 2.24) is 10.1 Å². The SMILES string of the molecule is Cc1ccc(-c2cc(C(=O)Nc3ccc(N4C(=O)CCCC4=O)cc3)c3c(C)noc3n2)cc1. The second-order valence-electron chi connectivity index (χ2n) is 8.35. The third kappa shape index (κ3) is 3.94. The average Bonchev–Trinajstić information content (AvgIpc) is 3.20. The van der Waals surface area contributed by atoms with Gasteiger partial charge in [0.15, 0.2) is 0 Å². The second-order valence-corrected chi connectivity index (χ2v) is 8.35. The lowest BCUT2D eigenvalue weighted by Crippen LogP contribution is -2.40. The van der Waals surface area contributed by atoms with Crippen molar-refractivity contribution in [3.8, 4) is 11.3 Å². The number of pyridine rings is 1. The van der Waals surface area contributed by atoms with Gasteiger partial charge in [0, 0.05) is 24.1 Å². The number of fused-ring (bicyclic) bond motifs is 1. The summed E-state index contributed by atoms with van der Waals surface area (Å²) >= 11 is 0. The van der Waals surface area contributed by atoms with E-state index >= 15 is 0 Å². The summed E-state index contributed by atoms with van der Waals surface area (Å²) < 4.78 is 5.37.